The fourth-order valence-corrected chi connectivity index (χ4v) is 1.34. The second-order valence-electron chi connectivity index (χ2n) is 3.31. The van der Waals surface area contributed by atoms with E-state index >= 15 is 0 Å². The molecular weight excluding hydrogens is 235 g/mol. The van der Waals surface area contributed by atoms with Crippen molar-refractivity contribution in [1.82, 2.24) is 0 Å². The van der Waals surface area contributed by atoms with Gasteiger partial charge < -0.3 is 4.74 Å². The standard InChI is InChI=1S/C11H8F3NO2/c1-6-3-9(11(12,13)14)8(10(16)17-2)4-7(6)5-15/h3-4H,1-2H3. The number of hydrogen-bond acceptors (Lipinski definition) is 3. The largest absolute Gasteiger partial charge is 0.465 e. The molecule has 0 amide bonds. The van der Waals surface area contributed by atoms with Crippen molar-refractivity contribution in [1.29, 1.82) is 5.26 Å². The van der Waals surface area contributed by atoms with Crippen LogP contribution in [0.5, 0.6) is 0 Å². The van der Waals surface area contributed by atoms with Gasteiger partial charge in [0.1, 0.15) is 0 Å². The van der Waals surface area contributed by atoms with Crippen molar-refractivity contribution in [2.45, 2.75) is 13.1 Å². The van der Waals surface area contributed by atoms with Crippen LogP contribution in [0.15, 0.2) is 12.1 Å². The Morgan fingerprint density at radius 1 is 1.41 bits per heavy atom. The fourth-order valence-electron chi connectivity index (χ4n) is 1.34. The minimum atomic E-state index is -4.66. The number of hydrogen-bond donors (Lipinski definition) is 0. The fraction of sp³-hybridized carbons (Fsp3) is 0.273. The number of methoxy groups -OCH3 is 1. The van der Waals surface area contributed by atoms with E-state index in [1.54, 1.807) is 6.07 Å². The Hall–Kier alpha value is -2.03. The molecule has 0 fully saturated rings. The Morgan fingerprint density at radius 2 is 2.00 bits per heavy atom. The predicted molar refractivity (Wildman–Crippen MR) is 52.2 cm³/mol. The number of benzene rings is 1. The first-order valence-corrected chi connectivity index (χ1v) is 4.51. The van der Waals surface area contributed by atoms with Crippen molar-refractivity contribution in [2.24, 2.45) is 0 Å². The van der Waals surface area contributed by atoms with Crippen molar-refractivity contribution in [3.05, 3.63) is 34.4 Å². The molecule has 1 rings (SSSR count). The third-order valence-corrected chi connectivity index (χ3v) is 2.20. The topological polar surface area (TPSA) is 50.1 Å². The molecule has 6 heteroatoms. The van der Waals surface area contributed by atoms with Gasteiger partial charge in [0.2, 0.25) is 0 Å². The van der Waals surface area contributed by atoms with Crippen molar-refractivity contribution in [3.63, 3.8) is 0 Å². The molecule has 0 radical (unpaired) electrons. The van der Waals surface area contributed by atoms with Gasteiger partial charge >= 0.3 is 12.1 Å². The van der Waals surface area contributed by atoms with Crippen LogP contribution >= 0.6 is 0 Å². The van der Waals surface area contributed by atoms with E-state index in [9.17, 15) is 18.0 Å². The molecule has 0 aliphatic heterocycles. The number of ether oxygens (including phenoxy) is 1. The number of aryl methyl sites for hydroxylation is 1. The van der Waals surface area contributed by atoms with Gasteiger partial charge in [-0.2, -0.15) is 18.4 Å². The quantitative estimate of drug-likeness (QED) is 0.712. The molecule has 0 aromatic heterocycles. The molecule has 0 heterocycles. The number of nitriles is 1. The zero-order chi connectivity index (χ0) is 13.2. The lowest BCUT2D eigenvalue weighted by molar-refractivity contribution is -0.138. The van der Waals surface area contributed by atoms with Crippen LogP contribution in [0.4, 0.5) is 13.2 Å². The first-order valence-electron chi connectivity index (χ1n) is 4.51. The number of esters is 1. The lowest BCUT2D eigenvalue weighted by Gasteiger charge is -2.13. The number of halogens is 3. The highest BCUT2D eigenvalue weighted by Crippen LogP contribution is 2.33. The highest BCUT2D eigenvalue weighted by Gasteiger charge is 2.36. The van der Waals surface area contributed by atoms with Crippen LogP contribution in [0.2, 0.25) is 0 Å². The van der Waals surface area contributed by atoms with Crippen LogP contribution in [0.1, 0.15) is 27.0 Å². The van der Waals surface area contributed by atoms with E-state index in [1.807, 2.05) is 0 Å². The Balaban J connectivity index is 3.54. The van der Waals surface area contributed by atoms with E-state index < -0.39 is 23.3 Å². The number of carbonyl (C=O) groups excluding carboxylic acids is 1. The average molecular weight is 243 g/mol. The molecule has 0 atom stereocenters. The zero-order valence-corrected chi connectivity index (χ0v) is 9.05. The molecule has 17 heavy (non-hydrogen) atoms. The normalized spacial score (nSPS) is 10.8. The minimum absolute atomic E-state index is 0.0124. The highest BCUT2D eigenvalue weighted by atomic mass is 19.4. The van der Waals surface area contributed by atoms with E-state index in [1.165, 1.54) is 6.92 Å². The van der Waals surface area contributed by atoms with Gasteiger partial charge in [-0.3, -0.25) is 0 Å². The second kappa shape index (κ2) is 4.45. The summed E-state index contributed by atoms with van der Waals surface area (Å²) in [7, 11) is 0.981. The second-order valence-corrected chi connectivity index (χ2v) is 3.31. The lowest BCUT2D eigenvalue weighted by Crippen LogP contribution is -2.15. The minimum Gasteiger partial charge on any atom is -0.465 e. The number of rotatable bonds is 1. The molecule has 0 N–H and O–H groups in total. The van der Waals surface area contributed by atoms with Crippen LogP contribution in [-0.2, 0) is 10.9 Å². The Kier molecular flexibility index (Phi) is 3.42. The lowest BCUT2D eigenvalue weighted by atomic mass is 9.99. The smallest absolute Gasteiger partial charge is 0.417 e. The molecule has 1 aromatic rings. The van der Waals surface area contributed by atoms with Crippen molar-refractivity contribution < 1.29 is 22.7 Å². The van der Waals surface area contributed by atoms with E-state index in [0.29, 0.717) is 0 Å². The van der Waals surface area contributed by atoms with Gasteiger partial charge in [0.25, 0.3) is 0 Å². The van der Waals surface area contributed by atoms with Gasteiger partial charge in [0.15, 0.2) is 0 Å². The summed E-state index contributed by atoms with van der Waals surface area (Å²) < 4.78 is 42.3. The van der Waals surface area contributed by atoms with Gasteiger partial charge in [0, 0.05) is 0 Å². The maximum absolute atomic E-state index is 12.7. The van der Waals surface area contributed by atoms with Crippen molar-refractivity contribution in [2.75, 3.05) is 7.11 Å². The van der Waals surface area contributed by atoms with Gasteiger partial charge in [-0.1, -0.05) is 0 Å². The molecule has 3 nitrogen and oxygen atoms in total. The SMILES string of the molecule is COC(=O)c1cc(C#N)c(C)cc1C(F)(F)F. The number of nitrogens with zero attached hydrogens (tertiary/aromatic N) is 1. The molecule has 0 saturated heterocycles. The first kappa shape index (κ1) is 13.0. The molecular formula is C11H8F3NO2. The van der Waals surface area contributed by atoms with Gasteiger partial charge in [-0.05, 0) is 24.6 Å². The van der Waals surface area contributed by atoms with Crippen LogP contribution in [0.3, 0.4) is 0 Å². The highest BCUT2D eigenvalue weighted by molar-refractivity contribution is 5.92. The van der Waals surface area contributed by atoms with E-state index in [0.717, 1.165) is 19.2 Å². The third kappa shape index (κ3) is 2.56. The van der Waals surface area contributed by atoms with Crippen LogP contribution in [-0.4, -0.2) is 13.1 Å². The third-order valence-electron chi connectivity index (χ3n) is 2.20. The van der Waals surface area contributed by atoms with Gasteiger partial charge in [-0.25, -0.2) is 4.79 Å². The Bertz CT molecular complexity index is 501. The summed E-state index contributed by atoms with van der Waals surface area (Å²) in [5.41, 5.74) is -1.58. The summed E-state index contributed by atoms with van der Waals surface area (Å²) in [5, 5.41) is 8.71. The average Bonchev–Trinajstić information content (AvgIpc) is 2.26. The molecule has 0 unspecified atom stereocenters. The van der Waals surface area contributed by atoms with Gasteiger partial charge in [0.05, 0.1) is 29.9 Å². The van der Waals surface area contributed by atoms with Crippen molar-refractivity contribution >= 4 is 5.97 Å². The summed E-state index contributed by atoms with van der Waals surface area (Å²) in [5.74, 6) is -1.12. The van der Waals surface area contributed by atoms with E-state index in [2.05, 4.69) is 4.74 Å². The summed E-state index contributed by atoms with van der Waals surface area (Å²) >= 11 is 0. The van der Waals surface area contributed by atoms with Crippen LogP contribution < -0.4 is 0 Å². The molecule has 0 aliphatic carbocycles. The summed E-state index contributed by atoms with van der Waals surface area (Å²) in [6.07, 6.45) is -4.66. The number of carbonyl (C=O) groups is 1. The van der Waals surface area contributed by atoms with E-state index in [-0.39, 0.29) is 11.1 Å². The summed E-state index contributed by atoms with van der Waals surface area (Å²) in [6, 6.07) is 3.38. The summed E-state index contributed by atoms with van der Waals surface area (Å²) in [6.45, 7) is 1.37. The van der Waals surface area contributed by atoms with Gasteiger partial charge in [-0.15, -0.1) is 0 Å². The van der Waals surface area contributed by atoms with E-state index in [4.69, 9.17) is 5.26 Å². The molecule has 0 aliphatic rings. The Labute approximate surface area is 95.4 Å². The maximum atomic E-state index is 12.7. The maximum Gasteiger partial charge on any atom is 0.417 e. The molecule has 0 spiro atoms. The molecule has 0 saturated carbocycles. The van der Waals surface area contributed by atoms with Crippen molar-refractivity contribution in [3.8, 4) is 6.07 Å². The van der Waals surface area contributed by atoms with Crippen LogP contribution in [0.25, 0.3) is 0 Å². The predicted octanol–water partition coefficient (Wildman–Crippen LogP) is 2.67. The Morgan fingerprint density at radius 3 is 2.41 bits per heavy atom. The van der Waals surface area contributed by atoms with Crippen LogP contribution in [0, 0.1) is 18.3 Å². The molecule has 90 valence electrons. The zero-order valence-electron chi connectivity index (χ0n) is 9.05. The number of alkyl halides is 3. The monoisotopic (exact) mass is 243 g/mol. The molecule has 0 bridgehead atoms. The first-order chi connectivity index (χ1) is 7.81. The summed E-state index contributed by atoms with van der Waals surface area (Å²) in [4.78, 5) is 11.2. The molecule has 1 aromatic carbocycles.